The van der Waals surface area contributed by atoms with Crippen molar-refractivity contribution in [1.29, 1.82) is 0 Å². The molecule has 0 radical (unpaired) electrons. The van der Waals surface area contributed by atoms with Gasteiger partial charge in [0.1, 0.15) is 0 Å². The Morgan fingerprint density at radius 2 is 1.04 bits per heavy atom. The number of benzene rings is 3. The Morgan fingerprint density at radius 3 is 1.57 bits per heavy atom. The molecule has 0 amide bonds. The molecule has 0 spiro atoms. The molecule has 0 saturated carbocycles. The minimum atomic E-state index is 0.404. The molecule has 3 aromatic carbocycles. The van der Waals surface area contributed by atoms with Gasteiger partial charge in [-0.1, -0.05) is 80.6 Å². The molecule has 3 aliphatic carbocycles. The third-order valence-corrected chi connectivity index (χ3v) is 5.63. The first-order valence-electron chi connectivity index (χ1n) is 8.57. The molecule has 0 N–H and O–H groups in total. The van der Waals surface area contributed by atoms with Crippen LogP contribution in [-0.4, -0.2) is 0 Å². The maximum atomic E-state index is 2.35. The summed E-state index contributed by atoms with van der Waals surface area (Å²) >= 11 is 0. The Morgan fingerprint density at radius 1 is 0.565 bits per heavy atom. The summed E-state index contributed by atoms with van der Waals surface area (Å²) in [4.78, 5) is 0. The fraction of sp³-hybridized carbons (Fsp3) is 0.217. The predicted molar refractivity (Wildman–Crippen MR) is 95.3 cm³/mol. The van der Waals surface area contributed by atoms with Crippen molar-refractivity contribution in [3.05, 3.63) is 106 Å². The number of hydrogen-bond acceptors (Lipinski definition) is 0. The van der Waals surface area contributed by atoms with Crippen LogP contribution >= 0.6 is 0 Å². The van der Waals surface area contributed by atoms with Gasteiger partial charge < -0.3 is 0 Å². The summed E-state index contributed by atoms with van der Waals surface area (Å²) in [6.07, 6.45) is 0. The SMILES string of the molecule is CC(C)c1cccc2c1C1c3ccccc3C2c2ccccc21. The maximum absolute atomic E-state index is 2.35. The Hall–Kier alpha value is -2.34. The average Bonchev–Trinajstić information content (AvgIpc) is 2.60. The molecule has 0 heteroatoms. The highest BCUT2D eigenvalue weighted by Gasteiger charge is 2.41. The molecule has 0 aliphatic heterocycles. The second kappa shape index (κ2) is 4.58. The van der Waals surface area contributed by atoms with E-state index < -0.39 is 0 Å². The number of hydrogen-bond donors (Lipinski definition) is 0. The minimum Gasteiger partial charge on any atom is -0.0619 e. The Kier molecular flexibility index (Phi) is 2.61. The summed E-state index contributed by atoms with van der Waals surface area (Å²) in [5.41, 5.74) is 10.6. The Balaban J connectivity index is 1.91. The van der Waals surface area contributed by atoms with E-state index in [2.05, 4.69) is 80.6 Å². The Bertz CT molecular complexity index is 869. The van der Waals surface area contributed by atoms with Crippen molar-refractivity contribution in [1.82, 2.24) is 0 Å². The van der Waals surface area contributed by atoms with Crippen molar-refractivity contribution in [2.45, 2.75) is 31.6 Å². The average molecular weight is 296 g/mol. The lowest BCUT2D eigenvalue weighted by Crippen LogP contribution is -2.28. The Labute approximate surface area is 137 Å². The molecule has 6 rings (SSSR count). The molecule has 0 fully saturated rings. The van der Waals surface area contributed by atoms with Crippen molar-refractivity contribution in [2.75, 3.05) is 0 Å². The summed E-state index contributed by atoms with van der Waals surface area (Å²) in [7, 11) is 0. The van der Waals surface area contributed by atoms with E-state index in [1.54, 1.807) is 5.56 Å². The van der Waals surface area contributed by atoms with E-state index in [9.17, 15) is 0 Å². The normalized spacial score (nSPS) is 20.1. The van der Waals surface area contributed by atoms with Gasteiger partial charge in [-0.2, -0.15) is 0 Å². The molecule has 0 heterocycles. The van der Waals surface area contributed by atoms with Gasteiger partial charge in [0.05, 0.1) is 0 Å². The highest BCUT2D eigenvalue weighted by molar-refractivity contribution is 5.69. The first-order valence-corrected chi connectivity index (χ1v) is 8.57. The summed E-state index contributed by atoms with van der Waals surface area (Å²) in [5, 5.41) is 0. The molecule has 0 nitrogen and oxygen atoms in total. The summed E-state index contributed by atoms with van der Waals surface area (Å²) in [6, 6.07) is 25.0. The molecule has 0 unspecified atom stereocenters. The molecule has 3 aliphatic rings. The third-order valence-electron chi connectivity index (χ3n) is 5.63. The molecule has 0 aromatic heterocycles. The summed E-state index contributed by atoms with van der Waals surface area (Å²) in [5.74, 6) is 1.37. The quantitative estimate of drug-likeness (QED) is 0.367. The molecule has 2 bridgehead atoms. The van der Waals surface area contributed by atoms with Crippen molar-refractivity contribution in [3.63, 3.8) is 0 Å². The smallest absolute Gasteiger partial charge is 0.0352 e. The van der Waals surface area contributed by atoms with Crippen LogP contribution in [0.1, 0.15) is 70.5 Å². The molecule has 112 valence electrons. The standard InChI is InChI=1S/C23H20/c1-14(2)15-12-7-13-20-21-16-8-3-5-10-18(16)23(22(15)20)19-11-6-4-9-17(19)21/h3-14,21,23H,1-2H3. The van der Waals surface area contributed by atoms with E-state index in [4.69, 9.17) is 0 Å². The monoisotopic (exact) mass is 296 g/mol. The van der Waals surface area contributed by atoms with Crippen LogP contribution in [0.2, 0.25) is 0 Å². The van der Waals surface area contributed by atoms with Crippen molar-refractivity contribution < 1.29 is 0 Å². The van der Waals surface area contributed by atoms with Crippen molar-refractivity contribution in [2.24, 2.45) is 0 Å². The van der Waals surface area contributed by atoms with Crippen LogP contribution in [0.3, 0.4) is 0 Å². The molecular weight excluding hydrogens is 276 g/mol. The molecule has 0 saturated heterocycles. The van der Waals surface area contributed by atoms with E-state index in [1.165, 1.54) is 33.4 Å². The second-order valence-electron chi connectivity index (χ2n) is 7.13. The largest absolute Gasteiger partial charge is 0.0619 e. The zero-order valence-electron chi connectivity index (χ0n) is 13.6. The topological polar surface area (TPSA) is 0 Å². The fourth-order valence-corrected chi connectivity index (χ4v) is 4.74. The maximum Gasteiger partial charge on any atom is 0.0352 e. The highest BCUT2D eigenvalue weighted by atomic mass is 14.4. The zero-order valence-corrected chi connectivity index (χ0v) is 13.6. The van der Waals surface area contributed by atoms with Gasteiger partial charge in [0.2, 0.25) is 0 Å². The van der Waals surface area contributed by atoms with Crippen molar-refractivity contribution in [3.8, 4) is 0 Å². The van der Waals surface area contributed by atoms with Gasteiger partial charge in [-0.15, -0.1) is 0 Å². The van der Waals surface area contributed by atoms with E-state index >= 15 is 0 Å². The number of rotatable bonds is 1. The fourth-order valence-electron chi connectivity index (χ4n) is 4.74. The van der Waals surface area contributed by atoms with Crippen LogP contribution in [0.15, 0.2) is 66.7 Å². The predicted octanol–water partition coefficient (Wildman–Crippen LogP) is 5.80. The van der Waals surface area contributed by atoms with Gasteiger partial charge in [-0.25, -0.2) is 0 Å². The van der Waals surface area contributed by atoms with Gasteiger partial charge in [-0.3, -0.25) is 0 Å². The zero-order chi connectivity index (χ0) is 15.6. The van der Waals surface area contributed by atoms with Crippen LogP contribution in [0, 0.1) is 0 Å². The van der Waals surface area contributed by atoms with E-state index in [1.807, 2.05) is 0 Å². The van der Waals surface area contributed by atoms with Crippen LogP contribution in [-0.2, 0) is 0 Å². The van der Waals surface area contributed by atoms with Crippen LogP contribution < -0.4 is 0 Å². The lowest BCUT2D eigenvalue weighted by atomic mass is 9.60. The lowest BCUT2D eigenvalue weighted by molar-refractivity contribution is 0.724. The summed E-state index contributed by atoms with van der Waals surface area (Å²) < 4.78 is 0. The van der Waals surface area contributed by atoms with Gasteiger partial charge in [0.15, 0.2) is 0 Å². The minimum absolute atomic E-state index is 0.404. The van der Waals surface area contributed by atoms with E-state index in [-0.39, 0.29) is 0 Å². The second-order valence-corrected chi connectivity index (χ2v) is 7.13. The van der Waals surface area contributed by atoms with Crippen LogP contribution in [0.25, 0.3) is 0 Å². The van der Waals surface area contributed by atoms with Gasteiger partial charge in [-0.05, 0) is 44.9 Å². The van der Waals surface area contributed by atoms with Crippen LogP contribution in [0.5, 0.6) is 0 Å². The highest BCUT2D eigenvalue weighted by Crippen LogP contribution is 2.56. The van der Waals surface area contributed by atoms with Crippen LogP contribution in [0.4, 0.5) is 0 Å². The molecule has 0 atom stereocenters. The first-order chi connectivity index (χ1) is 11.3. The van der Waals surface area contributed by atoms with E-state index in [0.29, 0.717) is 17.8 Å². The van der Waals surface area contributed by atoms with E-state index in [0.717, 1.165) is 0 Å². The molecular formula is C23H20. The first kappa shape index (κ1) is 13.1. The molecule has 23 heavy (non-hydrogen) atoms. The van der Waals surface area contributed by atoms with Gasteiger partial charge in [0.25, 0.3) is 0 Å². The molecule has 3 aromatic rings. The summed E-state index contributed by atoms with van der Waals surface area (Å²) in [6.45, 7) is 4.63. The van der Waals surface area contributed by atoms with Gasteiger partial charge in [0, 0.05) is 11.8 Å². The van der Waals surface area contributed by atoms with Gasteiger partial charge >= 0.3 is 0 Å². The van der Waals surface area contributed by atoms with Crippen molar-refractivity contribution >= 4 is 0 Å². The lowest BCUT2D eigenvalue weighted by Gasteiger charge is -2.43. The third kappa shape index (κ3) is 1.61.